The molecule has 4 aromatic rings. The molecule has 0 bridgehead atoms. The molecule has 1 aliphatic rings. The molecule has 47 heavy (non-hydrogen) atoms. The number of likely N-dealkylation sites (tertiary alicyclic amines) is 1. The van der Waals surface area contributed by atoms with Crippen LogP contribution in [-0.4, -0.2) is 55.2 Å². The van der Waals surface area contributed by atoms with Gasteiger partial charge < -0.3 is 19.7 Å². The monoisotopic (exact) mass is 670 g/mol. The van der Waals surface area contributed by atoms with E-state index in [1.165, 1.54) is 12.1 Å². The lowest BCUT2D eigenvalue weighted by molar-refractivity contribution is -0.165. The molecule has 1 N–H and O–H groups in total. The fraction of sp³-hybridized carbons (Fsp3) is 0.194. The number of hydrogen-bond acceptors (Lipinski definition) is 8. The summed E-state index contributed by atoms with van der Waals surface area (Å²) >= 11 is 0. The van der Waals surface area contributed by atoms with Crippen LogP contribution in [-0.2, 0) is 28.0 Å². The lowest BCUT2D eigenvalue weighted by atomic mass is 9.98. The molecule has 1 aliphatic heterocycles. The lowest BCUT2D eigenvalue weighted by Crippen LogP contribution is -2.73. The van der Waals surface area contributed by atoms with Crippen molar-refractivity contribution in [3.63, 3.8) is 0 Å². The second kappa shape index (κ2) is 14.7. The topological polar surface area (TPSA) is 119 Å². The molecule has 2 amide bonds. The van der Waals surface area contributed by atoms with Crippen LogP contribution in [0.4, 0.5) is 0 Å². The highest BCUT2D eigenvalue weighted by Crippen LogP contribution is 2.40. The first-order valence-electron chi connectivity index (χ1n) is 14.8. The minimum Gasteiger partial charge on any atom is -0.484 e. The second-order valence-corrected chi connectivity index (χ2v) is 15.0. The van der Waals surface area contributed by atoms with Crippen molar-refractivity contribution in [2.45, 2.75) is 42.3 Å². The van der Waals surface area contributed by atoms with Gasteiger partial charge in [0, 0.05) is 10.8 Å². The van der Waals surface area contributed by atoms with Crippen LogP contribution in [0.5, 0.6) is 5.75 Å². The molecule has 1 saturated heterocycles. The minimum absolute atomic E-state index is 0.0209. The Bertz CT molecular complexity index is 1800. The molecule has 3 atom stereocenters. The Morgan fingerprint density at radius 2 is 1.40 bits per heavy atom. The van der Waals surface area contributed by atoms with Gasteiger partial charge in [-0.3, -0.25) is 9.59 Å². The summed E-state index contributed by atoms with van der Waals surface area (Å²) in [4.78, 5) is 41.8. The van der Waals surface area contributed by atoms with E-state index in [1.807, 2.05) is 67.6 Å². The molecule has 0 saturated carbocycles. The standard InChI is InChI=1S/C36H34N2O7S2/c1-24(2)32(36(41)45-33(26-13-7-4-8-14-26)27-15-9-5-10-16-27)38-34(40)31(37-30(39)23-44-28-17-11-6-12-18-28)35(38)46-47(42,43)29-21-19-25(3)20-22-29/h4-22,31-33,35H,1,23H2,2-3H3,(H,37,39)/t31-,32-,35-/m1/s1. The summed E-state index contributed by atoms with van der Waals surface area (Å²) in [5, 5.41) is 1.42. The highest BCUT2D eigenvalue weighted by Gasteiger charge is 2.56. The number of β-lactam (4-membered cyclic amide) rings is 1. The average molecular weight is 671 g/mol. The molecule has 1 heterocycles. The summed E-state index contributed by atoms with van der Waals surface area (Å²) in [6.45, 7) is 6.95. The maximum absolute atomic E-state index is 14.0. The van der Waals surface area contributed by atoms with Crippen LogP contribution < -0.4 is 10.1 Å². The zero-order valence-corrected chi connectivity index (χ0v) is 27.4. The van der Waals surface area contributed by atoms with Crippen LogP contribution >= 0.6 is 10.8 Å². The summed E-state index contributed by atoms with van der Waals surface area (Å²) < 4.78 is 38.8. The van der Waals surface area contributed by atoms with Gasteiger partial charge in [0.1, 0.15) is 17.2 Å². The van der Waals surface area contributed by atoms with Gasteiger partial charge in [-0.1, -0.05) is 103 Å². The molecule has 5 rings (SSSR count). The average Bonchev–Trinajstić information content (AvgIpc) is 3.08. The molecule has 1 fully saturated rings. The third-order valence-corrected chi connectivity index (χ3v) is 11.2. The number of nitrogens with one attached hydrogen (secondary N) is 1. The van der Waals surface area contributed by atoms with Crippen molar-refractivity contribution >= 4 is 37.4 Å². The molecule has 0 unspecified atom stereocenters. The maximum atomic E-state index is 14.0. The molecule has 0 spiro atoms. The molecule has 0 aromatic heterocycles. The summed E-state index contributed by atoms with van der Waals surface area (Å²) in [6, 6.07) is 30.6. The number of carbonyl (C=O) groups excluding carboxylic acids is 3. The minimum atomic E-state index is -4.05. The van der Waals surface area contributed by atoms with Crippen molar-refractivity contribution < 1.29 is 32.3 Å². The van der Waals surface area contributed by atoms with Crippen molar-refractivity contribution in [1.29, 1.82) is 0 Å². The zero-order valence-electron chi connectivity index (χ0n) is 25.8. The van der Waals surface area contributed by atoms with E-state index in [-0.39, 0.29) is 10.5 Å². The SMILES string of the molecule is C=C(C)[C@H](C(=O)OC(c1ccccc1)c1ccccc1)N1C(=O)[C@@H](NC(=O)COc2ccccc2)[C@H]1SS(=O)(=O)c1ccc(C)cc1. The largest absolute Gasteiger partial charge is 0.484 e. The fourth-order valence-electron chi connectivity index (χ4n) is 5.08. The van der Waals surface area contributed by atoms with Gasteiger partial charge in [0.25, 0.3) is 5.91 Å². The number of benzene rings is 4. The first-order chi connectivity index (χ1) is 22.5. The third kappa shape index (κ3) is 7.93. The normalized spacial score (nSPS) is 16.6. The molecular formula is C36H34N2O7S2. The van der Waals surface area contributed by atoms with E-state index >= 15 is 0 Å². The first kappa shape index (κ1) is 33.5. The Labute approximate surface area is 277 Å². The Hall–Kier alpha value is -4.87. The molecule has 0 radical (unpaired) electrons. The van der Waals surface area contributed by atoms with Crippen LogP contribution in [0.2, 0.25) is 0 Å². The third-order valence-electron chi connectivity index (χ3n) is 7.45. The van der Waals surface area contributed by atoms with Gasteiger partial charge in [-0.05, 0) is 54.8 Å². The van der Waals surface area contributed by atoms with Crippen LogP contribution in [0, 0.1) is 6.92 Å². The maximum Gasteiger partial charge on any atom is 0.334 e. The van der Waals surface area contributed by atoms with Crippen molar-refractivity contribution in [3.8, 4) is 5.75 Å². The Balaban J connectivity index is 1.43. The Kier molecular flexibility index (Phi) is 10.5. The smallest absolute Gasteiger partial charge is 0.334 e. The van der Waals surface area contributed by atoms with Crippen LogP contribution in [0.3, 0.4) is 0 Å². The molecule has 9 nitrogen and oxygen atoms in total. The Morgan fingerprint density at radius 1 is 0.872 bits per heavy atom. The molecule has 4 aromatic carbocycles. The van der Waals surface area contributed by atoms with Gasteiger partial charge in [-0.25, -0.2) is 13.2 Å². The number of rotatable bonds is 13. The fourth-order valence-corrected chi connectivity index (χ4v) is 8.59. The predicted molar refractivity (Wildman–Crippen MR) is 180 cm³/mol. The summed E-state index contributed by atoms with van der Waals surface area (Å²) in [7, 11) is -3.58. The van der Waals surface area contributed by atoms with Crippen molar-refractivity contribution in [2.75, 3.05) is 6.61 Å². The van der Waals surface area contributed by atoms with E-state index in [2.05, 4.69) is 11.9 Å². The number of carbonyl (C=O) groups is 3. The van der Waals surface area contributed by atoms with Gasteiger partial charge in [-0.2, -0.15) is 0 Å². The van der Waals surface area contributed by atoms with Gasteiger partial charge >= 0.3 is 5.97 Å². The number of hydrogen-bond donors (Lipinski definition) is 1. The van der Waals surface area contributed by atoms with Gasteiger partial charge in [0.05, 0.1) is 4.90 Å². The van der Waals surface area contributed by atoms with Crippen LogP contribution in [0.1, 0.15) is 29.7 Å². The number of nitrogens with zero attached hydrogens (tertiary/aromatic N) is 1. The van der Waals surface area contributed by atoms with Gasteiger partial charge in [0.2, 0.25) is 14.8 Å². The number of para-hydroxylation sites is 1. The quantitative estimate of drug-likeness (QED) is 0.0867. The summed E-state index contributed by atoms with van der Waals surface area (Å²) in [6.07, 6.45) is -0.809. The van der Waals surface area contributed by atoms with E-state index in [0.29, 0.717) is 27.7 Å². The second-order valence-electron chi connectivity index (χ2n) is 11.0. The van der Waals surface area contributed by atoms with E-state index in [0.717, 1.165) is 10.5 Å². The Morgan fingerprint density at radius 3 is 1.94 bits per heavy atom. The van der Waals surface area contributed by atoms with E-state index in [9.17, 15) is 22.8 Å². The van der Waals surface area contributed by atoms with Crippen LogP contribution in [0.25, 0.3) is 0 Å². The lowest BCUT2D eigenvalue weighted by Gasteiger charge is -2.49. The molecule has 242 valence electrons. The van der Waals surface area contributed by atoms with Crippen LogP contribution in [0.15, 0.2) is 132 Å². The summed E-state index contributed by atoms with van der Waals surface area (Å²) in [5.41, 5.74) is 2.55. The molecular weight excluding hydrogens is 637 g/mol. The molecule has 0 aliphatic carbocycles. The highest BCUT2D eigenvalue weighted by atomic mass is 33.1. The van der Waals surface area contributed by atoms with E-state index in [1.54, 1.807) is 49.4 Å². The predicted octanol–water partition coefficient (Wildman–Crippen LogP) is 5.43. The van der Waals surface area contributed by atoms with Crippen molar-refractivity contribution in [2.24, 2.45) is 0 Å². The number of esters is 1. The highest BCUT2D eigenvalue weighted by molar-refractivity contribution is 8.72. The van der Waals surface area contributed by atoms with Gasteiger partial charge in [0.15, 0.2) is 18.8 Å². The number of amides is 2. The van der Waals surface area contributed by atoms with Crippen molar-refractivity contribution in [3.05, 3.63) is 144 Å². The van der Waals surface area contributed by atoms with Crippen molar-refractivity contribution in [1.82, 2.24) is 10.2 Å². The van der Waals surface area contributed by atoms with E-state index in [4.69, 9.17) is 9.47 Å². The summed E-state index contributed by atoms with van der Waals surface area (Å²) in [5.74, 6) is -1.63. The first-order valence-corrected chi connectivity index (χ1v) is 17.7. The van der Waals surface area contributed by atoms with E-state index < -0.39 is 56.8 Å². The molecule has 11 heteroatoms. The number of ether oxygens (including phenoxy) is 2. The number of aryl methyl sites for hydroxylation is 1. The van der Waals surface area contributed by atoms with Gasteiger partial charge in [-0.15, -0.1) is 0 Å². The zero-order chi connectivity index (χ0) is 33.6.